The third-order valence-electron chi connectivity index (χ3n) is 4.62. The molecular formula is C23H18ClN3O3S. The first-order valence-electron chi connectivity index (χ1n) is 9.39. The second kappa shape index (κ2) is 8.83. The van der Waals surface area contributed by atoms with E-state index in [0.29, 0.717) is 21.6 Å². The average Bonchev–Trinajstić information content (AvgIpc) is 3.18. The van der Waals surface area contributed by atoms with Gasteiger partial charge < -0.3 is 10.2 Å². The third kappa shape index (κ3) is 4.57. The molecule has 8 heteroatoms. The van der Waals surface area contributed by atoms with Crippen molar-refractivity contribution in [1.29, 1.82) is 0 Å². The highest BCUT2D eigenvalue weighted by Crippen LogP contribution is 2.30. The van der Waals surface area contributed by atoms with E-state index in [1.807, 2.05) is 47.9 Å². The number of carbonyl (C=O) groups is 1. The van der Waals surface area contributed by atoms with Crippen LogP contribution in [0.2, 0.25) is 5.02 Å². The lowest BCUT2D eigenvalue weighted by Crippen LogP contribution is -2.05. The maximum atomic E-state index is 12.6. The van der Waals surface area contributed by atoms with E-state index in [-0.39, 0.29) is 23.0 Å². The highest BCUT2D eigenvalue weighted by molar-refractivity contribution is 7.99. The van der Waals surface area contributed by atoms with Crippen LogP contribution in [0.5, 0.6) is 11.5 Å². The predicted octanol–water partition coefficient (Wildman–Crippen LogP) is 5.28. The molecule has 4 aromatic rings. The molecule has 0 bridgehead atoms. The minimum absolute atomic E-state index is 0.0871. The van der Waals surface area contributed by atoms with Crippen LogP contribution in [0.4, 0.5) is 0 Å². The number of aromatic hydroxyl groups is 2. The van der Waals surface area contributed by atoms with Crippen LogP contribution >= 0.6 is 23.4 Å². The van der Waals surface area contributed by atoms with Gasteiger partial charge in [-0.05, 0) is 55.5 Å². The largest absolute Gasteiger partial charge is 0.504 e. The molecule has 156 valence electrons. The molecule has 0 spiro atoms. The lowest BCUT2D eigenvalue weighted by atomic mass is 10.1. The monoisotopic (exact) mass is 451 g/mol. The van der Waals surface area contributed by atoms with Crippen molar-refractivity contribution in [2.24, 2.45) is 0 Å². The summed E-state index contributed by atoms with van der Waals surface area (Å²) in [5.41, 5.74) is 3.13. The molecule has 1 heterocycles. The lowest BCUT2D eigenvalue weighted by molar-refractivity contribution is 0.102. The maximum Gasteiger partial charge on any atom is 0.196 e. The Morgan fingerprint density at radius 3 is 2.48 bits per heavy atom. The Balaban J connectivity index is 1.68. The van der Waals surface area contributed by atoms with E-state index < -0.39 is 0 Å². The minimum Gasteiger partial charge on any atom is -0.504 e. The Kier molecular flexibility index (Phi) is 5.97. The zero-order valence-electron chi connectivity index (χ0n) is 16.5. The Morgan fingerprint density at radius 2 is 1.77 bits per heavy atom. The smallest absolute Gasteiger partial charge is 0.196 e. The number of halogens is 1. The third-order valence-corrected chi connectivity index (χ3v) is 5.81. The van der Waals surface area contributed by atoms with Crippen LogP contribution in [0, 0.1) is 6.92 Å². The molecule has 0 saturated heterocycles. The van der Waals surface area contributed by atoms with E-state index in [2.05, 4.69) is 10.2 Å². The first kappa shape index (κ1) is 21.0. The van der Waals surface area contributed by atoms with E-state index in [0.717, 1.165) is 16.8 Å². The summed E-state index contributed by atoms with van der Waals surface area (Å²) in [4.78, 5) is 12.6. The molecule has 0 unspecified atom stereocenters. The Bertz CT molecular complexity index is 1260. The average molecular weight is 452 g/mol. The summed E-state index contributed by atoms with van der Waals surface area (Å²) in [7, 11) is 0. The van der Waals surface area contributed by atoms with Gasteiger partial charge in [0.25, 0.3) is 0 Å². The summed E-state index contributed by atoms with van der Waals surface area (Å²) in [6, 6.07) is 19.3. The minimum atomic E-state index is -0.332. The molecule has 2 N–H and O–H groups in total. The number of aromatic nitrogens is 3. The Morgan fingerprint density at radius 1 is 1.00 bits per heavy atom. The highest BCUT2D eigenvalue weighted by Gasteiger charge is 2.18. The molecule has 0 fully saturated rings. The lowest BCUT2D eigenvalue weighted by Gasteiger charge is -2.11. The normalized spacial score (nSPS) is 10.9. The summed E-state index contributed by atoms with van der Waals surface area (Å²) in [5.74, 6) is -0.0632. The summed E-state index contributed by atoms with van der Waals surface area (Å²) >= 11 is 7.30. The van der Waals surface area contributed by atoms with Gasteiger partial charge in [0.2, 0.25) is 0 Å². The number of phenolic OH excluding ortho intramolecular Hbond substituents is 2. The molecule has 6 nitrogen and oxygen atoms in total. The van der Waals surface area contributed by atoms with Crippen molar-refractivity contribution in [2.45, 2.75) is 12.1 Å². The van der Waals surface area contributed by atoms with Gasteiger partial charge in [-0.25, -0.2) is 0 Å². The van der Waals surface area contributed by atoms with E-state index in [9.17, 15) is 15.0 Å². The SMILES string of the molecule is Cc1cccc(-c2nnc(SCC(=O)c3ccc(O)c(O)c3)n2-c2ccc(Cl)cc2)c1. The van der Waals surface area contributed by atoms with Crippen molar-refractivity contribution >= 4 is 29.1 Å². The van der Waals surface area contributed by atoms with Gasteiger partial charge in [0, 0.05) is 21.8 Å². The number of aryl methyl sites for hydroxylation is 1. The van der Waals surface area contributed by atoms with Crippen LogP contribution in [0.15, 0.2) is 71.9 Å². The fourth-order valence-corrected chi connectivity index (χ4v) is 4.04. The Labute approximate surface area is 188 Å². The van der Waals surface area contributed by atoms with Crippen LogP contribution in [-0.4, -0.2) is 36.5 Å². The number of ketones is 1. The van der Waals surface area contributed by atoms with Crippen molar-refractivity contribution in [3.8, 4) is 28.6 Å². The van der Waals surface area contributed by atoms with Gasteiger partial charge in [0.1, 0.15) is 0 Å². The van der Waals surface area contributed by atoms with Crippen LogP contribution in [0.25, 0.3) is 17.1 Å². The number of rotatable bonds is 6. The van der Waals surface area contributed by atoms with Gasteiger partial charge in [-0.15, -0.1) is 10.2 Å². The predicted molar refractivity (Wildman–Crippen MR) is 121 cm³/mol. The number of thioether (sulfide) groups is 1. The van der Waals surface area contributed by atoms with E-state index in [4.69, 9.17) is 11.6 Å². The summed E-state index contributed by atoms with van der Waals surface area (Å²) in [5, 5.41) is 29.0. The number of carbonyl (C=O) groups excluding carboxylic acids is 1. The molecule has 4 rings (SSSR count). The quantitative estimate of drug-likeness (QED) is 0.235. The molecule has 3 aromatic carbocycles. The molecule has 0 saturated carbocycles. The van der Waals surface area contributed by atoms with Gasteiger partial charge in [-0.3, -0.25) is 9.36 Å². The van der Waals surface area contributed by atoms with Crippen LogP contribution in [0.3, 0.4) is 0 Å². The summed E-state index contributed by atoms with van der Waals surface area (Å²) in [6.07, 6.45) is 0. The number of nitrogens with zero attached hydrogens (tertiary/aromatic N) is 3. The second-order valence-electron chi connectivity index (χ2n) is 6.90. The number of hydrogen-bond donors (Lipinski definition) is 2. The molecule has 31 heavy (non-hydrogen) atoms. The second-order valence-corrected chi connectivity index (χ2v) is 8.28. The molecule has 0 aliphatic rings. The first-order valence-corrected chi connectivity index (χ1v) is 10.7. The van der Waals surface area contributed by atoms with Gasteiger partial charge >= 0.3 is 0 Å². The fraction of sp³-hybridized carbons (Fsp3) is 0.0870. The van der Waals surface area contributed by atoms with Crippen molar-refractivity contribution < 1.29 is 15.0 Å². The molecule has 0 atom stereocenters. The molecule has 0 aliphatic heterocycles. The highest BCUT2D eigenvalue weighted by atomic mass is 35.5. The molecule has 0 aliphatic carbocycles. The number of hydrogen-bond acceptors (Lipinski definition) is 6. The zero-order chi connectivity index (χ0) is 22.0. The van der Waals surface area contributed by atoms with E-state index in [1.165, 1.54) is 30.0 Å². The van der Waals surface area contributed by atoms with Gasteiger partial charge in [0.05, 0.1) is 5.75 Å². The van der Waals surface area contributed by atoms with Crippen LogP contribution in [0.1, 0.15) is 15.9 Å². The molecular weight excluding hydrogens is 434 g/mol. The molecule has 1 aromatic heterocycles. The summed E-state index contributed by atoms with van der Waals surface area (Å²) < 4.78 is 1.89. The van der Waals surface area contributed by atoms with Gasteiger partial charge in [-0.1, -0.05) is 47.1 Å². The number of benzene rings is 3. The van der Waals surface area contributed by atoms with Gasteiger partial charge in [-0.2, -0.15) is 0 Å². The first-order chi connectivity index (χ1) is 14.9. The Hall–Kier alpha value is -3.29. The van der Waals surface area contributed by atoms with Crippen LogP contribution in [-0.2, 0) is 0 Å². The van der Waals surface area contributed by atoms with Gasteiger partial charge in [0.15, 0.2) is 28.3 Å². The van der Waals surface area contributed by atoms with E-state index >= 15 is 0 Å². The number of Topliss-reactive ketones (excluding diaryl/α,β-unsaturated/α-hetero) is 1. The molecule has 0 radical (unpaired) electrons. The summed E-state index contributed by atoms with van der Waals surface area (Å²) in [6.45, 7) is 2.01. The zero-order valence-corrected chi connectivity index (χ0v) is 18.1. The topological polar surface area (TPSA) is 88.2 Å². The van der Waals surface area contributed by atoms with Crippen LogP contribution < -0.4 is 0 Å². The fourth-order valence-electron chi connectivity index (χ4n) is 3.07. The standard InChI is InChI=1S/C23H18ClN3O3S/c1-14-3-2-4-16(11-14)22-25-26-23(27(22)18-8-6-17(24)7-9-18)31-13-21(30)15-5-10-19(28)20(29)12-15/h2-12,28-29H,13H2,1H3. The van der Waals surface area contributed by atoms with Crippen molar-refractivity contribution in [3.05, 3.63) is 82.9 Å². The van der Waals surface area contributed by atoms with E-state index in [1.54, 1.807) is 12.1 Å². The molecule has 0 amide bonds. The maximum absolute atomic E-state index is 12.6. The van der Waals surface area contributed by atoms with Crippen molar-refractivity contribution in [1.82, 2.24) is 14.8 Å². The van der Waals surface area contributed by atoms with Crippen molar-refractivity contribution in [2.75, 3.05) is 5.75 Å². The van der Waals surface area contributed by atoms with Crippen molar-refractivity contribution in [3.63, 3.8) is 0 Å². The number of phenols is 2.